The molecule has 2 aromatic heterocycles. The first kappa shape index (κ1) is 17.2. The predicted octanol–water partition coefficient (Wildman–Crippen LogP) is 4.31. The number of benzene rings is 1. The number of likely N-dealkylation sites (tertiary alicyclic amines) is 1. The summed E-state index contributed by atoms with van der Waals surface area (Å²) in [6.07, 6.45) is 4.21. The molecule has 1 aromatic carbocycles. The third-order valence-corrected chi connectivity index (χ3v) is 6.01. The second kappa shape index (κ2) is 7.98. The van der Waals surface area contributed by atoms with E-state index in [-0.39, 0.29) is 0 Å². The van der Waals surface area contributed by atoms with E-state index in [4.69, 9.17) is 4.98 Å². The Morgan fingerprint density at radius 1 is 1.08 bits per heavy atom. The van der Waals surface area contributed by atoms with Gasteiger partial charge in [0.25, 0.3) is 0 Å². The van der Waals surface area contributed by atoms with Crippen LogP contribution in [0.25, 0.3) is 10.6 Å². The van der Waals surface area contributed by atoms with Crippen molar-refractivity contribution < 1.29 is 0 Å². The summed E-state index contributed by atoms with van der Waals surface area (Å²) in [6.45, 7) is 3.17. The van der Waals surface area contributed by atoms with E-state index in [0.717, 1.165) is 30.5 Å². The van der Waals surface area contributed by atoms with Crippen LogP contribution < -0.4 is 4.90 Å². The zero-order chi connectivity index (χ0) is 17.8. The molecule has 0 unspecified atom stereocenters. The van der Waals surface area contributed by atoms with Gasteiger partial charge in [-0.1, -0.05) is 36.4 Å². The van der Waals surface area contributed by atoms with E-state index in [1.54, 1.807) is 11.3 Å². The molecular formula is C21H24N4S. The van der Waals surface area contributed by atoms with Gasteiger partial charge in [-0.25, -0.2) is 9.97 Å². The lowest BCUT2D eigenvalue weighted by atomic mass is 10.0. The van der Waals surface area contributed by atoms with E-state index in [1.807, 2.05) is 18.3 Å². The number of piperidine rings is 1. The molecule has 1 aliphatic heterocycles. The third-order valence-electron chi connectivity index (χ3n) is 5.07. The van der Waals surface area contributed by atoms with E-state index < -0.39 is 0 Å². The lowest BCUT2D eigenvalue weighted by Gasteiger charge is -2.37. The molecule has 5 heteroatoms. The molecule has 0 saturated carbocycles. The SMILES string of the molecule is CN(c1ccccn1)C1CCN(Cc2csc(-c3ccccc3)n2)CC1. The van der Waals surface area contributed by atoms with Crippen molar-refractivity contribution >= 4 is 17.2 Å². The van der Waals surface area contributed by atoms with Crippen LogP contribution in [-0.2, 0) is 6.54 Å². The number of hydrogen-bond acceptors (Lipinski definition) is 5. The highest BCUT2D eigenvalue weighted by Gasteiger charge is 2.23. The van der Waals surface area contributed by atoms with Crippen molar-refractivity contribution in [3.8, 4) is 10.6 Å². The van der Waals surface area contributed by atoms with Gasteiger partial charge in [-0.3, -0.25) is 4.90 Å². The van der Waals surface area contributed by atoms with E-state index >= 15 is 0 Å². The summed E-state index contributed by atoms with van der Waals surface area (Å²) < 4.78 is 0. The summed E-state index contributed by atoms with van der Waals surface area (Å²) in [6, 6.07) is 17.1. The molecule has 26 heavy (non-hydrogen) atoms. The van der Waals surface area contributed by atoms with Gasteiger partial charge in [-0.05, 0) is 25.0 Å². The van der Waals surface area contributed by atoms with Gasteiger partial charge in [-0.15, -0.1) is 11.3 Å². The van der Waals surface area contributed by atoms with Crippen LogP contribution in [-0.4, -0.2) is 41.0 Å². The van der Waals surface area contributed by atoms with Gasteiger partial charge < -0.3 is 4.90 Å². The van der Waals surface area contributed by atoms with Gasteiger partial charge in [0.2, 0.25) is 0 Å². The summed E-state index contributed by atoms with van der Waals surface area (Å²) in [5.74, 6) is 1.07. The van der Waals surface area contributed by atoms with Gasteiger partial charge >= 0.3 is 0 Å². The molecule has 134 valence electrons. The number of thiazole rings is 1. The molecule has 0 bridgehead atoms. The summed E-state index contributed by atoms with van der Waals surface area (Å²) in [5.41, 5.74) is 2.39. The molecular weight excluding hydrogens is 340 g/mol. The molecule has 3 aromatic rings. The Balaban J connectivity index is 1.32. The zero-order valence-corrected chi connectivity index (χ0v) is 15.9. The molecule has 0 aliphatic carbocycles. The molecule has 1 fully saturated rings. The average Bonchev–Trinajstić information content (AvgIpc) is 3.18. The Kier molecular flexibility index (Phi) is 5.27. The standard InChI is InChI=1S/C21H24N4S/c1-24(20-9-5-6-12-22-20)19-10-13-25(14-11-19)15-18-16-26-21(23-18)17-7-3-2-4-8-17/h2-9,12,16,19H,10-11,13-15H2,1H3. The first-order valence-electron chi connectivity index (χ1n) is 9.15. The average molecular weight is 365 g/mol. The zero-order valence-electron chi connectivity index (χ0n) is 15.1. The smallest absolute Gasteiger partial charge is 0.128 e. The number of anilines is 1. The number of nitrogens with zero attached hydrogens (tertiary/aromatic N) is 4. The monoisotopic (exact) mass is 364 g/mol. The van der Waals surface area contributed by atoms with Crippen molar-refractivity contribution in [3.63, 3.8) is 0 Å². The van der Waals surface area contributed by atoms with Crippen LogP contribution in [0.5, 0.6) is 0 Å². The second-order valence-electron chi connectivity index (χ2n) is 6.82. The normalized spacial score (nSPS) is 15.9. The molecule has 4 nitrogen and oxygen atoms in total. The largest absolute Gasteiger partial charge is 0.357 e. The number of rotatable bonds is 5. The minimum absolute atomic E-state index is 0.566. The second-order valence-corrected chi connectivity index (χ2v) is 7.67. The third kappa shape index (κ3) is 3.94. The summed E-state index contributed by atoms with van der Waals surface area (Å²) in [7, 11) is 2.16. The Labute approximate surface area is 159 Å². The van der Waals surface area contributed by atoms with E-state index in [1.165, 1.54) is 24.1 Å². The summed E-state index contributed by atoms with van der Waals surface area (Å²) in [4.78, 5) is 14.2. The fourth-order valence-corrected chi connectivity index (χ4v) is 4.35. The maximum absolute atomic E-state index is 4.83. The highest BCUT2D eigenvalue weighted by atomic mass is 32.1. The van der Waals surface area contributed by atoms with Crippen molar-refractivity contribution in [1.82, 2.24) is 14.9 Å². The summed E-state index contributed by atoms with van der Waals surface area (Å²) in [5, 5.41) is 3.32. The van der Waals surface area contributed by atoms with E-state index in [9.17, 15) is 0 Å². The first-order chi connectivity index (χ1) is 12.8. The number of aromatic nitrogens is 2. The van der Waals surface area contributed by atoms with Crippen molar-refractivity contribution in [2.24, 2.45) is 0 Å². The maximum atomic E-state index is 4.83. The molecule has 0 atom stereocenters. The minimum Gasteiger partial charge on any atom is -0.357 e. The summed E-state index contributed by atoms with van der Waals surface area (Å²) >= 11 is 1.74. The fourth-order valence-electron chi connectivity index (χ4n) is 3.54. The topological polar surface area (TPSA) is 32.3 Å². The Morgan fingerprint density at radius 3 is 2.58 bits per heavy atom. The quantitative estimate of drug-likeness (QED) is 0.675. The molecule has 3 heterocycles. The van der Waals surface area contributed by atoms with Gasteiger partial charge in [0, 0.05) is 49.9 Å². The van der Waals surface area contributed by atoms with Gasteiger partial charge in [0.1, 0.15) is 10.8 Å². The molecule has 0 radical (unpaired) electrons. The molecule has 0 spiro atoms. The predicted molar refractivity (Wildman–Crippen MR) is 108 cm³/mol. The van der Waals surface area contributed by atoms with Crippen LogP contribution >= 0.6 is 11.3 Å². The van der Waals surface area contributed by atoms with Gasteiger partial charge in [0.15, 0.2) is 0 Å². The molecule has 1 saturated heterocycles. The van der Waals surface area contributed by atoms with Crippen molar-refractivity contribution in [1.29, 1.82) is 0 Å². The molecule has 0 amide bonds. The van der Waals surface area contributed by atoms with Crippen molar-refractivity contribution in [2.75, 3.05) is 25.0 Å². The highest BCUT2D eigenvalue weighted by Crippen LogP contribution is 2.25. The van der Waals surface area contributed by atoms with Crippen molar-refractivity contribution in [3.05, 3.63) is 65.8 Å². The lowest BCUT2D eigenvalue weighted by molar-refractivity contribution is 0.201. The Bertz CT molecular complexity index is 810. The van der Waals surface area contributed by atoms with Crippen molar-refractivity contribution in [2.45, 2.75) is 25.4 Å². The number of pyridine rings is 1. The highest BCUT2D eigenvalue weighted by molar-refractivity contribution is 7.13. The van der Waals surface area contributed by atoms with Crippen LogP contribution in [0, 0.1) is 0 Å². The lowest BCUT2D eigenvalue weighted by Crippen LogP contribution is -2.43. The van der Waals surface area contributed by atoms with Crippen LogP contribution in [0.3, 0.4) is 0 Å². The molecule has 0 N–H and O–H groups in total. The molecule has 1 aliphatic rings. The van der Waals surface area contributed by atoms with Crippen LogP contribution in [0.2, 0.25) is 0 Å². The van der Waals surface area contributed by atoms with Crippen LogP contribution in [0.15, 0.2) is 60.1 Å². The van der Waals surface area contributed by atoms with E-state index in [2.05, 4.69) is 63.6 Å². The van der Waals surface area contributed by atoms with E-state index in [0.29, 0.717) is 6.04 Å². The first-order valence-corrected chi connectivity index (χ1v) is 10.0. The van der Waals surface area contributed by atoms with Crippen LogP contribution in [0.1, 0.15) is 18.5 Å². The minimum atomic E-state index is 0.566. The molecule has 4 rings (SSSR count). The van der Waals surface area contributed by atoms with Gasteiger partial charge in [0.05, 0.1) is 5.69 Å². The Morgan fingerprint density at radius 2 is 1.85 bits per heavy atom. The Hall–Kier alpha value is -2.24. The van der Waals surface area contributed by atoms with Crippen LogP contribution in [0.4, 0.5) is 5.82 Å². The number of hydrogen-bond donors (Lipinski definition) is 0. The fraction of sp³-hybridized carbons (Fsp3) is 0.333. The van der Waals surface area contributed by atoms with Gasteiger partial charge in [-0.2, -0.15) is 0 Å². The maximum Gasteiger partial charge on any atom is 0.128 e.